The molecule has 0 bridgehead atoms. The van der Waals surface area contributed by atoms with Gasteiger partial charge in [-0.15, -0.1) is 0 Å². The Labute approximate surface area is 271 Å². The zero-order valence-corrected chi connectivity index (χ0v) is 28.6. The fourth-order valence-electron chi connectivity index (χ4n) is 5.64. The number of anilines is 3. The van der Waals surface area contributed by atoms with E-state index in [1.165, 1.54) is 13.6 Å². The molecule has 13 heteroatoms. The molecule has 4 heterocycles. The van der Waals surface area contributed by atoms with Crippen LogP contribution in [0.15, 0.2) is 36.7 Å². The lowest BCUT2D eigenvalue weighted by Gasteiger charge is -2.38. The van der Waals surface area contributed by atoms with Crippen molar-refractivity contribution in [3.63, 3.8) is 0 Å². The number of carbonyl (C=O) groups excluding carboxylic acids is 2. The van der Waals surface area contributed by atoms with Crippen LogP contribution >= 0.6 is 11.6 Å². The third-order valence-corrected chi connectivity index (χ3v) is 13.7. The van der Waals surface area contributed by atoms with Crippen LogP contribution in [-0.4, -0.2) is 73.4 Å². The molecule has 1 saturated heterocycles. The van der Waals surface area contributed by atoms with Gasteiger partial charge in [0, 0.05) is 48.7 Å². The number of nitrogens with one attached hydrogen (secondary N) is 1. The summed E-state index contributed by atoms with van der Waals surface area (Å²) < 4.78 is 6.58. The van der Waals surface area contributed by atoms with Gasteiger partial charge in [0.1, 0.15) is 12.3 Å². The topological polar surface area (TPSA) is 124 Å². The number of aromatic nitrogens is 3. The molecule has 2 aromatic heterocycles. The van der Waals surface area contributed by atoms with Crippen LogP contribution in [-0.2, 0) is 14.6 Å². The minimum atomic E-state index is -1.98. The monoisotopic (exact) mass is 642 g/mol. The molecule has 1 atom stereocenters. The van der Waals surface area contributed by atoms with Crippen molar-refractivity contribution in [1.29, 1.82) is 5.26 Å². The second-order valence-corrected chi connectivity index (χ2v) is 19.0. The minimum Gasteiger partial charge on any atom is -0.412 e. The van der Waals surface area contributed by atoms with Crippen LogP contribution in [0.2, 0.25) is 23.2 Å². The van der Waals surface area contributed by atoms with Gasteiger partial charge < -0.3 is 24.2 Å². The summed E-state index contributed by atoms with van der Waals surface area (Å²) in [4.78, 5) is 42.1. The van der Waals surface area contributed by atoms with Gasteiger partial charge in [-0.2, -0.15) is 5.26 Å². The van der Waals surface area contributed by atoms with Crippen LogP contribution < -0.4 is 10.1 Å². The molecule has 0 saturated carbocycles. The van der Waals surface area contributed by atoms with Gasteiger partial charge in [-0.05, 0) is 54.4 Å². The normalized spacial score (nSPS) is 17.5. The average Bonchev–Trinajstić information content (AvgIpc) is 3.53. The number of fused-ring (bicyclic) bond motifs is 1. The van der Waals surface area contributed by atoms with E-state index in [9.17, 15) is 14.9 Å². The second-order valence-electron chi connectivity index (χ2n) is 13.8. The number of nitrogens with zero attached hydrogens (tertiary/aromatic N) is 6. The maximum absolute atomic E-state index is 13.7. The molecular weight excluding hydrogens is 605 g/mol. The molecular formula is C32H38BClN7O3Si. The molecule has 0 spiro atoms. The summed E-state index contributed by atoms with van der Waals surface area (Å²) in [7, 11) is -0.519. The average molecular weight is 643 g/mol. The van der Waals surface area contributed by atoms with Crippen molar-refractivity contribution < 1.29 is 14.0 Å². The molecule has 45 heavy (non-hydrogen) atoms. The van der Waals surface area contributed by atoms with Crippen molar-refractivity contribution >= 4 is 56.7 Å². The maximum Gasteiger partial charge on any atom is 0.329 e. The van der Waals surface area contributed by atoms with E-state index < -0.39 is 8.32 Å². The highest BCUT2D eigenvalue weighted by Crippen LogP contribution is 2.44. The summed E-state index contributed by atoms with van der Waals surface area (Å²) in [6.07, 6.45) is 4.56. The molecule has 2 aliphatic heterocycles. The van der Waals surface area contributed by atoms with Gasteiger partial charge in [0.2, 0.25) is 5.95 Å². The third kappa shape index (κ3) is 6.62. The molecule has 1 radical (unpaired) electrons. The lowest BCUT2D eigenvalue weighted by atomic mass is 9.84. The van der Waals surface area contributed by atoms with Crippen LogP contribution in [0.4, 0.5) is 17.3 Å². The van der Waals surface area contributed by atoms with Crippen LogP contribution in [0.5, 0.6) is 0 Å². The van der Waals surface area contributed by atoms with Crippen molar-refractivity contribution in [2.24, 2.45) is 0 Å². The van der Waals surface area contributed by atoms with Gasteiger partial charge in [0.25, 0.3) is 5.91 Å². The van der Waals surface area contributed by atoms with Crippen LogP contribution in [0, 0.1) is 11.3 Å². The lowest BCUT2D eigenvalue weighted by molar-refractivity contribution is 0.0763. The summed E-state index contributed by atoms with van der Waals surface area (Å²) in [5, 5.41) is 13.6. The van der Waals surface area contributed by atoms with Gasteiger partial charge in [-0.25, -0.2) is 15.0 Å². The van der Waals surface area contributed by atoms with E-state index in [2.05, 4.69) is 69.1 Å². The summed E-state index contributed by atoms with van der Waals surface area (Å²) >= 11 is 6.32. The Morgan fingerprint density at radius 3 is 2.71 bits per heavy atom. The van der Waals surface area contributed by atoms with Crippen LogP contribution in [0.25, 0.3) is 11.3 Å². The number of carbonyl (C=O) groups is 2. The van der Waals surface area contributed by atoms with Crippen LogP contribution in [0.1, 0.15) is 62.7 Å². The molecule has 1 aromatic carbocycles. The lowest BCUT2D eigenvalue weighted by Crippen LogP contribution is -2.44. The highest BCUT2D eigenvalue weighted by atomic mass is 35.5. The molecule has 10 nitrogen and oxygen atoms in total. The smallest absolute Gasteiger partial charge is 0.329 e. The Morgan fingerprint density at radius 2 is 2.02 bits per heavy atom. The number of likely N-dealkylation sites (tertiary alicyclic amines) is 1. The standard InChI is InChI=1S/C32H38BClN7O3Si/c1-31(2,3)45(6,7)44-23-9-11-40(17-23)29(43)27-26(14-22(34)16-37-27)39-30-36-10-8-25(38-30)20-12-21(15-35)28-24(13-20)32(4,5)18-41(28)33-19-42/h8,10,12-14,16,19,23H,9,11,17-18H2,1-7H3,(H,36,38,39). The Morgan fingerprint density at radius 1 is 1.27 bits per heavy atom. The zero-order chi connectivity index (χ0) is 32.7. The Kier molecular flexibility index (Phi) is 8.83. The van der Waals surface area contributed by atoms with E-state index in [0.29, 0.717) is 41.6 Å². The summed E-state index contributed by atoms with van der Waals surface area (Å²) in [5.41, 5.74) is 3.79. The summed E-state index contributed by atoms with van der Waals surface area (Å²) in [6, 6.07) is 9.46. The number of pyridine rings is 1. The largest absolute Gasteiger partial charge is 0.412 e. The number of halogens is 1. The first-order valence-electron chi connectivity index (χ1n) is 15.0. The van der Waals surface area contributed by atoms with E-state index >= 15 is 0 Å². The fraction of sp³-hybridized carbons (Fsp3) is 0.438. The highest BCUT2D eigenvalue weighted by molar-refractivity contribution is 6.74. The predicted molar refractivity (Wildman–Crippen MR) is 180 cm³/mol. The molecule has 1 fully saturated rings. The third-order valence-electron chi connectivity index (χ3n) is 9.01. The number of hydrogen-bond acceptors (Lipinski definition) is 9. The van der Waals surface area contributed by atoms with E-state index in [1.54, 1.807) is 29.3 Å². The van der Waals surface area contributed by atoms with Crippen molar-refractivity contribution in [3.05, 3.63) is 58.5 Å². The van der Waals surface area contributed by atoms with Crippen molar-refractivity contribution in [3.8, 4) is 17.3 Å². The van der Waals surface area contributed by atoms with Crippen molar-refractivity contribution in [2.75, 3.05) is 29.8 Å². The quantitative estimate of drug-likeness (QED) is 0.234. The summed E-state index contributed by atoms with van der Waals surface area (Å²) in [5.74, 6) is 0.0307. The highest BCUT2D eigenvalue weighted by Gasteiger charge is 2.41. The number of benzene rings is 1. The predicted octanol–water partition coefficient (Wildman–Crippen LogP) is 5.95. The first-order valence-corrected chi connectivity index (χ1v) is 18.3. The van der Waals surface area contributed by atoms with E-state index in [4.69, 9.17) is 21.0 Å². The van der Waals surface area contributed by atoms with Crippen molar-refractivity contribution in [2.45, 2.75) is 70.7 Å². The molecule has 3 aromatic rings. The number of rotatable bonds is 8. The molecule has 1 N–H and O–H groups in total. The fourth-order valence-corrected chi connectivity index (χ4v) is 7.18. The van der Waals surface area contributed by atoms with Gasteiger partial charge in [-0.3, -0.25) is 4.79 Å². The van der Waals surface area contributed by atoms with Crippen molar-refractivity contribution in [1.82, 2.24) is 19.9 Å². The Balaban J connectivity index is 1.40. The molecule has 233 valence electrons. The molecule has 5 rings (SSSR count). The van der Waals surface area contributed by atoms with E-state index in [-0.39, 0.29) is 34.1 Å². The Hall–Kier alpha value is -3.79. The number of amides is 1. The van der Waals surface area contributed by atoms with Gasteiger partial charge in [-0.1, -0.05) is 46.2 Å². The second kappa shape index (κ2) is 12.2. The number of nitriles is 1. The first kappa shape index (κ1) is 32.6. The van der Waals surface area contributed by atoms with Crippen LogP contribution in [0.3, 0.4) is 0 Å². The molecule has 1 amide bonds. The van der Waals surface area contributed by atoms with Gasteiger partial charge >= 0.3 is 7.41 Å². The zero-order valence-electron chi connectivity index (χ0n) is 26.8. The van der Waals surface area contributed by atoms with E-state index in [0.717, 1.165) is 29.4 Å². The van der Waals surface area contributed by atoms with Gasteiger partial charge in [0.15, 0.2) is 14.0 Å². The maximum atomic E-state index is 13.7. The Bertz CT molecular complexity index is 1690. The van der Waals surface area contributed by atoms with Gasteiger partial charge in [0.05, 0.1) is 28.1 Å². The summed E-state index contributed by atoms with van der Waals surface area (Å²) in [6.45, 7) is 16.9. The van der Waals surface area contributed by atoms with E-state index in [1.807, 2.05) is 10.9 Å². The minimum absolute atomic E-state index is 0.0161. The molecule has 1 unspecified atom stereocenters. The number of hydrogen-bond donors (Lipinski definition) is 1. The SMILES string of the molecule is CC1(C)CN([B]C=O)c2c(C#N)cc(-c3ccnc(Nc4cc(Cl)cnc4C(=O)N4CCC(O[Si](C)(C)C(C)(C)C)C4)n3)cc21. The molecule has 2 aliphatic rings. The first-order chi connectivity index (χ1) is 21.1. The molecule has 0 aliphatic carbocycles.